The van der Waals surface area contributed by atoms with Gasteiger partial charge in [0.05, 0.1) is 0 Å². The smallest absolute Gasteiger partial charge is 0.0419 e. The maximum Gasteiger partial charge on any atom is 0.0419 e. The van der Waals surface area contributed by atoms with Crippen LogP contribution in [0.15, 0.2) is 17.5 Å². The molecular formula is C15H24N2S. The lowest BCUT2D eigenvalue weighted by Gasteiger charge is -2.52. The molecule has 0 bridgehead atoms. The molecule has 1 unspecified atom stereocenters. The lowest BCUT2D eigenvalue weighted by molar-refractivity contribution is -0.00175. The lowest BCUT2D eigenvalue weighted by Crippen LogP contribution is -2.62. The van der Waals surface area contributed by atoms with Gasteiger partial charge < -0.3 is 5.32 Å². The molecular weight excluding hydrogens is 240 g/mol. The number of rotatable bonds is 2. The molecule has 2 heterocycles. The summed E-state index contributed by atoms with van der Waals surface area (Å²) in [6.45, 7) is 5.95. The van der Waals surface area contributed by atoms with Crippen LogP contribution in [0.1, 0.15) is 49.9 Å². The van der Waals surface area contributed by atoms with Gasteiger partial charge in [-0.2, -0.15) is 0 Å². The number of nitrogens with one attached hydrogen (secondary N) is 1. The van der Waals surface area contributed by atoms with Crippen LogP contribution in [0, 0.1) is 0 Å². The molecule has 1 N–H and O–H groups in total. The zero-order chi connectivity index (χ0) is 12.4. The van der Waals surface area contributed by atoms with Crippen molar-refractivity contribution in [3.8, 4) is 0 Å². The number of thiophene rings is 1. The summed E-state index contributed by atoms with van der Waals surface area (Å²) in [5.41, 5.74) is 0.444. The van der Waals surface area contributed by atoms with Crippen LogP contribution in [0.4, 0.5) is 0 Å². The Labute approximate surface area is 114 Å². The molecule has 1 aromatic rings. The summed E-state index contributed by atoms with van der Waals surface area (Å²) >= 11 is 1.91. The highest BCUT2D eigenvalue weighted by atomic mass is 32.1. The van der Waals surface area contributed by atoms with Gasteiger partial charge in [0.2, 0.25) is 0 Å². The van der Waals surface area contributed by atoms with Crippen LogP contribution in [-0.4, -0.2) is 30.1 Å². The van der Waals surface area contributed by atoms with Crippen molar-refractivity contribution >= 4 is 11.3 Å². The minimum absolute atomic E-state index is 0.444. The van der Waals surface area contributed by atoms with Gasteiger partial charge in [-0.05, 0) is 31.2 Å². The maximum atomic E-state index is 3.64. The highest BCUT2D eigenvalue weighted by Gasteiger charge is 2.42. The quantitative estimate of drug-likeness (QED) is 0.880. The largest absolute Gasteiger partial charge is 0.314 e. The standard InChI is InChI=1S/C15H24N2S/c1-13(14-6-5-11-18-14)17-10-9-16-12-15(17)7-3-2-4-8-15/h5-6,11,13,16H,2-4,7-10,12H2,1H3. The van der Waals surface area contributed by atoms with Gasteiger partial charge in [-0.3, -0.25) is 4.90 Å². The van der Waals surface area contributed by atoms with Gasteiger partial charge in [-0.25, -0.2) is 0 Å². The van der Waals surface area contributed by atoms with Crippen molar-refractivity contribution in [1.82, 2.24) is 10.2 Å². The molecule has 0 radical (unpaired) electrons. The lowest BCUT2D eigenvalue weighted by atomic mass is 9.78. The molecule has 1 spiro atoms. The maximum absolute atomic E-state index is 3.64. The van der Waals surface area contributed by atoms with Gasteiger partial charge in [0.15, 0.2) is 0 Å². The molecule has 1 saturated heterocycles. The number of piperazine rings is 1. The number of nitrogens with zero attached hydrogens (tertiary/aromatic N) is 1. The minimum atomic E-state index is 0.444. The first-order chi connectivity index (χ1) is 8.82. The predicted molar refractivity (Wildman–Crippen MR) is 78.1 cm³/mol. The van der Waals surface area contributed by atoms with Crippen molar-refractivity contribution in [1.29, 1.82) is 0 Å². The first kappa shape index (κ1) is 12.6. The Bertz CT molecular complexity index is 360. The Morgan fingerprint density at radius 2 is 2.17 bits per heavy atom. The van der Waals surface area contributed by atoms with E-state index in [1.807, 2.05) is 11.3 Å². The number of hydrogen-bond acceptors (Lipinski definition) is 3. The second-order valence-corrected chi connectivity index (χ2v) is 6.83. The first-order valence-electron chi connectivity index (χ1n) is 7.33. The van der Waals surface area contributed by atoms with Gasteiger partial charge in [-0.1, -0.05) is 25.3 Å². The average molecular weight is 264 g/mol. The van der Waals surface area contributed by atoms with E-state index in [1.54, 1.807) is 0 Å². The summed E-state index contributed by atoms with van der Waals surface area (Å²) in [4.78, 5) is 4.33. The second-order valence-electron chi connectivity index (χ2n) is 5.85. The Hall–Kier alpha value is -0.380. The van der Waals surface area contributed by atoms with Gasteiger partial charge in [0.1, 0.15) is 0 Å². The van der Waals surface area contributed by atoms with Gasteiger partial charge in [-0.15, -0.1) is 11.3 Å². The van der Waals surface area contributed by atoms with E-state index in [2.05, 4.69) is 34.7 Å². The third-order valence-corrected chi connectivity index (χ3v) is 5.84. The van der Waals surface area contributed by atoms with Crippen molar-refractivity contribution in [3.05, 3.63) is 22.4 Å². The van der Waals surface area contributed by atoms with Crippen LogP contribution in [0.3, 0.4) is 0 Å². The van der Waals surface area contributed by atoms with E-state index >= 15 is 0 Å². The van der Waals surface area contributed by atoms with Crippen LogP contribution < -0.4 is 5.32 Å². The highest BCUT2D eigenvalue weighted by molar-refractivity contribution is 7.10. The molecule has 0 aromatic carbocycles. The molecule has 1 atom stereocenters. The molecule has 2 fully saturated rings. The van der Waals surface area contributed by atoms with E-state index in [-0.39, 0.29) is 0 Å². The van der Waals surface area contributed by atoms with E-state index < -0.39 is 0 Å². The van der Waals surface area contributed by atoms with E-state index in [0.29, 0.717) is 11.6 Å². The molecule has 100 valence electrons. The Morgan fingerprint density at radius 3 is 2.89 bits per heavy atom. The fourth-order valence-corrected chi connectivity index (χ4v) is 4.62. The molecule has 2 aliphatic rings. The monoisotopic (exact) mass is 264 g/mol. The molecule has 0 amide bonds. The third-order valence-electron chi connectivity index (χ3n) is 4.80. The van der Waals surface area contributed by atoms with Crippen LogP contribution in [-0.2, 0) is 0 Å². The minimum Gasteiger partial charge on any atom is -0.314 e. The van der Waals surface area contributed by atoms with E-state index in [0.717, 1.165) is 6.54 Å². The van der Waals surface area contributed by atoms with Crippen LogP contribution in [0.25, 0.3) is 0 Å². The Balaban J connectivity index is 1.83. The highest BCUT2D eigenvalue weighted by Crippen LogP contribution is 2.40. The topological polar surface area (TPSA) is 15.3 Å². The molecule has 3 heteroatoms. The second kappa shape index (κ2) is 5.32. The average Bonchev–Trinajstić information content (AvgIpc) is 2.93. The fraction of sp³-hybridized carbons (Fsp3) is 0.733. The van der Waals surface area contributed by atoms with E-state index in [4.69, 9.17) is 0 Å². The van der Waals surface area contributed by atoms with Crippen molar-refractivity contribution in [2.45, 2.75) is 50.6 Å². The summed E-state index contributed by atoms with van der Waals surface area (Å²) in [5, 5.41) is 5.85. The van der Waals surface area contributed by atoms with E-state index in [1.165, 1.54) is 50.1 Å². The van der Waals surface area contributed by atoms with Crippen molar-refractivity contribution < 1.29 is 0 Å². The van der Waals surface area contributed by atoms with Crippen molar-refractivity contribution in [2.75, 3.05) is 19.6 Å². The first-order valence-corrected chi connectivity index (χ1v) is 8.21. The summed E-state index contributed by atoms with van der Waals surface area (Å²) in [7, 11) is 0. The van der Waals surface area contributed by atoms with Gasteiger partial charge >= 0.3 is 0 Å². The summed E-state index contributed by atoms with van der Waals surface area (Å²) in [6, 6.07) is 5.07. The summed E-state index contributed by atoms with van der Waals surface area (Å²) < 4.78 is 0. The molecule has 3 rings (SSSR count). The summed E-state index contributed by atoms with van der Waals surface area (Å²) in [6.07, 6.45) is 7.03. The molecule has 2 nitrogen and oxygen atoms in total. The van der Waals surface area contributed by atoms with Crippen LogP contribution in [0.5, 0.6) is 0 Å². The SMILES string of the molecule is CC(c1cccs1)N1CCNCC12CCCCC2. The number of hydrogen-bond donors (Lipinski definition) is 1. The molecule has 1 aromatic heterocycles. The van der Waals surface area contributed by atoms with Crippen LogP contribution >= 0.6 is 11.3 Å². The normalized spacial score (nSPS) is 26.3. The van der Waals surface area contributed by atoms with Crippen molar-refractivity contribution in [2.24, 2.45) is 0 Å². The Morgan fingerprint density at radius 1 is 1.33 bits per heavy atom. The summed E-state index contributed by atoms with van der Waals surface area (Å²) in [5.74, 6) is 0. The fourth-order valence-electron chi connectivity index (χ4n) is 3.82. The zero-order valence-corrected chi connectivity index (χ0v) is 12.1. The molecule has 1 aliphatic carbocycles. The molecule has 1 aliphatic heterocycles. The molecule has 18 heavy (non-hydrogen) atoms. The van der Waals surface area contributed by atoms with E-state index in [9.17, 15) is 0 Å². The third kappa shape index (κ3) is 2.24. The van der Waals surface area contributed by atoms with Crippen molar-refractivity contribution in [3.63, 3.8) is 0 Å². The Kier molecular flexibility index (Phi) is 3.73. The van der Waals surface area contributed by atoms with Gasteiger partial charge in [0, 0.05) is 36.1 Å². The zero-order valence-electron chi connectivity index (χ0n) is 11.3. The van der Waals surface area contributed by atoms with Gasteiger partial charge in [0.25, 0.3) is 0 Å². The predicted octanol–water partition coefficient (Wildman–Crippen LogP) is 3.42. The molecule has 1 saturated carbocycles. The van der Waals surface area contributed by atoms with Crippen LogP contribution in [0.2, 0.25) is 0 Å².